The van der Waals surface area contributed by atoms with Crippen molar-refractivity contribution in [1.82, 2.24) is 4.90 Å². The van der Waals surface area contributed by atoms with E-state index in [0.717, 1.165) is 11.1 Å². The number of phenolic OH excluding ortho intramolecular Hbond substituents is 1. The Morgan fingerprint density at radius 3 is 2.55 bits per heavy atom. The van der Waals surface area contributed by atoms with Gasteiger partial charge >= 0.3 is 0 Å². The Hall–Kier alpha value is -2.80. The number of carbonyl (C=O) groups excluding carboxylic acids is 4. The smallest absolute Gasteiger partial charge is 0.233 e. The number of hydrogen-bond donors (Lipinski definition) is 1. The van der Waals surface area contributed by atoms with E-state index in [1.165, 1.54) is 18.0 Å². The van der Waals surface area contributed by atoms with Gasteiger partial charge in [-0.15, -0.1) is 0 Å². The number of phenols is 1. The van der Waals surface area contributed by atoms with E-state index >= 15 is 0 Å². The van der Waals surface area contributed by atoms with Gasteiger partial charge in [0.25, 0.3) is 0 Å². The second kappa shape index (κ2) is 6.85. The van der Waals surface area contributed by atoms with Crippen molar-refractivity contribution in [2.24, 2.45) is 17.8 Å². The molecule has 1 saturated heterocycles. The third kappa shape index (κ3) is 2.75. The van der Waals surface area contributed by atoms with Crippen molar-refractivity contribution in [2.75, 3.05) is 7.05 Å². The van der Waals surface area contributed by atoms with Crippen LogP contribution in [0.3, 0.4) is 0 Å². The quantitative estimate of drug-likeness (QED) is 0.378. The zero-order valence-electron chi connectivity index (χ0n) is 17.0. The molecule has 0 spiro atoms. The predicted molar refractivity (Wildman–Crippen MR) is 115 cm³/mol. The number of allylic oxidation sites excluding steroid dienone is 6. The van der Waals surface area contributed by atoms with Crippen LogP contribution >= 0.6 is 15.9 Å². The van der Waals surface area contributed by atoms with Crippen LogP contribution < -0.4 is 0 Å². The number of aromatic hydroxyl groups is 1. The number of imide groups is 1. The number of ketones is 2. The van der Waals surface area contributed by atoms with E-state index in [-0.39, 0.29) is 46.0 Å². The van der Waals surface area contributed by atoms with Crippen LogP contribution in [-0.4, -0.2) is 40.4 Å². The molecule has 4 unspecified atom stereocenters. The van der Waals surface area contributed by atoms with Crippen LogP contribution in [-0.2, 0) is 19.2 Å². The first-order chi connectivity index (χ1) is 14.7. The van der Waals surface area contributed by atoms with Gasteiger partial charge in [-0.25, -0.2) is 0 Å². The molecule has 6 nitrogen and oxygen atoms in total. The summed E-state index contributed by atoms with van der Waals surface area (Å²) in [6.45, 7) is 1.78. The van der Waals surface area contributed by atoms with Crippen molar-refractivity contribution in [1.29, 1.82) is 0 Å². The summed E-state index contributed by atoms with van der Waals surface area (Å²) < 4.78 is 0.211. The molecule has 4 atom stereocenters. The van der Waals surface area contributed by atoms with Crippen LogP contribution in [0.15, 0.2) is 51.6 Å². The summed E-state index contributed by atoms with van der Waals surface area (Å²) in [5, 5.41) is 10.0. The van der Waals surface area contributed by atoms with Crippen molar-refractivity contribution >= 4 is 39.3 Å². The number of fused-ring (bicyclic) bond motifs is 3. The SMILES string of the molecule is Cc1cc(C2C3=CCC4C(=O)N(C)C(=O)C4C3CC3=C2C(=O)C=C(Br)C3=O)ccc1O. The summed E-state index contributed by atoms with van der Waals surface area (Å²) in [5.74, 6) is -2.51. The molecule has 1 N–H and O–H groups in total. The average Bonchev–Trinajstić information content (AvgIpc) is 2.97. The molecule has 0 saturated carbocycles. The van der Waals surface area contributed by atoms with Gasteiger partial charge in [0.05, 0.1) is 16.3 Å². The van der Waals surface area contributed by atoms with Crippen molar-refractivity contribution in [3.63, 3.8) is 0 Å². The molecule has 1 aliphatic heterocycles. The van der Waals surface area contributed by atoms with Crippen molar-refractivity contribution in [3.8, 4) is 5.75 Å². The number of likely N-dealkylation sites (tertiary alicyclic amines) is 1. The number of rotatable bonds is 1. The molecule has 1 fully saturated rings. The first-order valence-corrected chi connectivity index (χ1v) is 11.0. The van der Waals surface area contributed by atoms with Gasteiger partial charge in [0, 0.05) is 30.2 Å². The fraction of sp³-hybridized carbons (Fsp3) is 0.333. The first kappa shape index (κ1) is 20.1. The fourth-order valence-corrected chi connectivity index (χ4v) is 6.05. The molecule has 1 aromatic rings. The molecule has 158 valence electrons. The van der Waals surface area contributed by atoms with Crippen LogP contribution in [0.4, 0.5) is 0 Å². The average molecular weight is 482 g/mol. The highest BCUT2D eigenvalue weighted by atomic mass is 79.9. The minimum Gasteiger partial charge on any atom is -0.508 e. The van der Waals surface area contributed by atoms with Crippen LogP contribution in [0.25, 0.3) is 0 Å². The van der Waals surface area contributed by atoms with Crippen LogP contribution in [0.1, 0.15) is 29.9 Å². The maximum atomic E-state index is 13.1. The second-order valence-corrected chi connectivity index (χ2v) is 9.53. The molecule has 4 aliphatic rings. The van der Waals surface area contributed by atoms with E-state index in [9.17, 15) is 24.3 Å². The number of amides is 2. The standard InChI is InChI=1S/C24H20BrNO5/c1-10-7-11(3-6-17(10)27)19-12-4-5-13-20(24(31)26(2)23(13)30)14(12)8-15-21(19)18(28)9-16(25)22(15)29/h3-4,6-7,9,13-14,19-20,27H,5,8H2,1-2H3. The summed E-state index contributed by atoms with van der Waals surface area (Å²) in [4.78, 5) is 52.9. The Morgan fingerprint density at radius 2 is 1.84 bits per heavy atom. The van der Waals surface area contributed by atoms with E-state index in [2.05, 4.69) is 15.9 Å². The predicted octanol–water partition coefficient (Wildman–Crippen LogP) is 3.09. The number of halogens is 1. The van der Waals surface area contributed by atoms with Gasteiger partial charge in [-0.2, -0.15) is 0 Å². The first-order valence-electron chi connectivity index (χ1n) is 10.2. The number of aryl methyl sites for hydroxylation is 1. The molecule has 2 amide bonds. The molecule has 7 heteroatoms. The second-order valence-electron chi connectivity index (χ2n) is 8.68. The highest BCUT2D eigenvalue weighted by Gasteiger charge is 2.55. The third-order valence-electron chi connectivity index (χ3n) is 7.11. The van der Waals surface area contributed by atoms with E-state index in [1.54, 1.807) is 19.1 Å². The number of carbonyl (C=O) groups is 4. The maximum absolute atomic E-state index is 13.1. The number of nitrogens with zero attached hydrogens (tertiary/aromatic N) is 1. The van der Waals surface area contributed by atoms with E-state index in [4.69, 9.17) is 0 Å². The van der Waals surface area contributed by atoms with Gasteiger partial charge in [0.2, 0.25) is 11.8 Å². The summed E-state index contributed by atoms with van der Waals surface area (Å²) in [6.07, 6.45) is 3.99. The Labute approximate surface area is 187 Å². The lowest BCUT2D eigenvalue weighted by Crippen LogP contribution is -2.39. The van der Waals surface area contributed by atoms with Gasteiger partial charge < -0.3 is 5.11 Å². The maximum Gasteiger partial charge on any atom is 0.233 e. The highest BCUT2D eigenvalue weighted by Crippen LogP contribution is 2.55. The lowest BCUT2D eigenvalue weighted by Gasteiger charge is -2.42. The lowest BCUT2D eigenvalue weighted by molar-refractivity contribution is -0.138. The van der Waals surface area contributed by atoms with Gasteiger partial charge in [-0.3, -0.25) is 24.1 Å². The molecule has 0 bridgehead atoms. The highest BCUT2D eigenvalue weighted by molar-refractivity contribution is 9.12. The molecule has 5 rings (SSSR count). The molecule has 0 radical (unpaired) electrons. The van der Waals surface area contributed by atoms with E-state index < -0.39 is 17.8 Å². The Balaban J connectivity index is 1.72. The molecule has 31 heavy (non-hydrogen) atoms. The van der Waals surface area contributed by atoms with E-state index in [0.29, 0.717) is 23.1 Å². The van der Waals surface area contributed by atoms with Gasteiger partial charge in [-0.1, -0.05) is 23.8 Å². The summed E-state index contributed by atoms with van der Waals surface area (Å²) >= 11 is 3.21. The third-order valence-corrected chi connectivity index (χ3v) is 7.69. The monoisotopic (exact) mass is 481 g/mol. The molecular formula is C24H20BrNO5. The van der Waals surface area contributed by atoms with Gasteiger partial charge in [-0.05, 0) is 58.8 Å². The molecular weight excluding hydrogens is 462 g/mol. The molecule has 1 aromatic carbocycles. The van der Waals surface area contributed by atoms with Crippen LogP contribution in [0, 0.1) is 24.7 Å². The fourth-order valence-electron chi connectivity index (χ4n) is 5.60. The lowest BCUT2D eigenvalue weighted by atomic mass is 9.59. The Bertz CT molecular complexity index is 1190. The van der Waals surface area contributed by atoms with E-state index in [1.807, 2.05) is 12.1 Å². The number of Topliss-reactive ketones (excluding diaryl/α,β-unsaturated/α-hetero) is 1. The number of benzene rings is 1. The number of hydrogen-bond acceptors (Lipinski definition) is 5. The van der Waals surface area contributed by atoms with Gasteiger partial charge in [0.15, 0.2) is 11.6 Å². The summed E-state index contributed by atoms with van der Waals surface area (Å²) in [5.41, 5.74) is 3.20. The summed E-state index contributed by atoms with van der Waals surface area (Å²) in [6, 6.07) is 5.16. The summed E-state index contributed by atoms with van der Waals surface area (Å²) in [7, 11) is 1.51. The zero-order valence-corrected chi connectivity index (χ0v) is 18.6. The van der Waals surface area contributed by atoms with Crippen molar-refractivity contribution in [3.05, 3.63) is 62.7 Å². The largest absolute Gasteiger partial charge is 0.508 e. The minimum absolute atomic E-state index is 0.148. The minimum atomic E-state index is -0.528. The van der Waals surface area contributed by atoms with Crippen LogP contribution in [0.5, 0.6) is 5.75 Å². The van der Waals surface area contributed by atoms with Crippen molar-refractivity contribution in [2.45, 2.75) is 25.7 Å². The normalized spacial score (nSPS) is 30.1. The molecule has 1 heterocycles. The Kier molecular flexibility index (Phi) is 4.45. The van der Waals surface area contributed by atoms with Gasteiger partial charge in [0.1, 0.15) is 5.75 Å². The molecule has 0 aromatic heterocycles. The van der Waals surface area contributed by atoms with Crippen LogP contribution in [0.2, 0.25) is 0 Å². The van der Waals surface area contributed by atoms with Crippen molar-refractivity contribution < 1.29 is 24.3 Å². The molecule has 3 aliphatic carbocycles. The zero-order chi connectivity index (χ0) is 22.2. The topological polar surface area (TPSA) is 91.8 Å². The Morgan fingerprint density at radius 1 is 1.10 bits per heavy atom.